The van der Waals surface area contributed by atoms with Gasteiger partial charge in [0.2, 0.25) is 15.9 Å². The summed E-state index contributed by atoms with van der Waals surface area (Å²) < 4.78 is 61.4. The molecule has 0 bridgehead atoms. The smallest absolute Gasteiger partial charge is 0.357 e. The summed E-state index contributed by atoms with van der Waals surface area (Å²) in [4.78, 5) is 12.6. The van der Waals surface area contributed by atoms with Crippen molar-refractivity contribution in [1.82, 2.24) is 9.62 Å². The van der Waals surface area contributed by atoms with Gasteiger partial charge in [0.25, 0.3) is 0 Å². The van der Waals surface area contributed by atoms with Crippen molar-refractivity contribution >= 4 is 42.7 Å². The number of carbonyl (C=O) groups is 1. The average Bonchev–Trinajstić information content (AvgIpc) is 2.80. The van der Waals surface area contributed by atoms with Crippen molar-refractivity contribution < 1.29 is 26.2 Å². The Balaban J connectivity index is 1.63. The average molecular weight is 504 g/mol. The number of likely N-dealkylation sites (N-methyl/N-ethyl adjacent to an activating group) is 1. The fraction of sp³-hybridized carbons (Fsp3) is 0.261. The fourth-order valence-corrected chi connectivity index (χ4v) is 6.35. The number of amides is 1. The molecule has 1 aliphatic heterocycles. The Morgan fingerprint density at radius 1 is 1.03 bits per heavy atom. The van der Waals surface area contributed by atoms with Crippen molar-refractivity contribution in [1.29, 1.82) is 0 Å². The molecule has 0 spiro atoms. The van der Waals surface area contributed by atoms with Gasteiger partial charge in [0.1, 0.15) is 6.04 Å². The van der Waals surface area contributed by atoms with Crippen molar-refractivity contribution in [3.05, 3.63) is 77.4 Å². The van der Waals surface area contributed by atoms with Crippen LogP contribution in [0.25, 0.3) is 10.8 Å². The first-order valence-corrected chi connectivity index (χ1v) is 13.7. The third-order valence-corrected chi connectivity index (χ3v) is 8.27. The highest BCUT2D eigenvalue weighted by atomic mass is 32.2. The first-order chi connectivity index (χ1) is 16.1. The van der Waals surface area contributed by atoms with Crippen LogP contribution in [0.15, 0.2) is 60.7 Å². The lowest BCUT2D eigenvalue weighted by molar-refractivity contribution is -0.124. The Hall–Kier alpha value is -2.99. The maximum atomic E-state index is 13.4. The molecule has 3 aromatic rings. The molecule has 0 radical (unpaired) electrons. The number of anilines is 1. The maximum absolute atomic E-state index is 13.4. The van der Waals surface area contributed by atoms with Crippen LogP contribution < -0.4 is 10.0 Å². The van der Waals surface area contributed by atoms with Gasteiger partial charge in [-0.1, -0.05) is 48.5 Å². The highest BCUT2D eigenvalue weighted by molar-refractivity contribution is 7.89. The molecule has 0 saturated carbocycles. The molecule has 0 aromatic heterocycles. The van der Waals surface area contributed by atoms with Crippen LogP contribution in [0.1, 0.15) is 16.7 Å². The molecule has 11 heteroatoms. The Labute approximate surface area is 198 Å². The van der Waals surface area contributed by atoms with Gasteiger partial charge in [-0.3, -0.25) is 14.1 Å². The highest BCUT2D eigenvalue weighted by Crippen LogP contribution is 2.29. The molecule has 1 heterocycles. The summed E-state index contributed by atoms with van der Waals surface area (Å²) in [7, 11) is -6.88. The second-order valence-corrected chi connectivity index (χ2v) is 11.3. The number of fused-ring (bicyclic) bond motifs is 2. The zero-order valence-electron chi connectivity index (χ0n) is 18.4. The predicted molar refractivity (Wildman–Crippen MR) is 130 cm³/mol. The summed E-state index contributed by atoms with van der Waals surface area (Å²) in [5.74, 6) is -0.605. The zero-order valence-corrected chi connectivity index (χ0v) is 20.1. The second-order valence-electron chi connectivity index (χ2n) is 8.14. The Morgan fingerprint density at radius 3 is 2.50 bits per heavy atom. The lowest BCUT2D eigenvalue weighted by Gasteiger charge is -2.35. The highest BCUT2D eigenvalue weighted by Gasteiger charge is 2.38. The number of aryl methyl sites for hydroxylation is 1. The van der Waals surface area contributed by atoms with Gasteiger partial charge in [-0.2, -0.15) is 12.7 Å². The minimum atomic E-state index is -4.48. The normalized spacial score (nSPS) is 16.7. The quantitative estimate of drug-likeness (QED) is 0.423. The molecule has 0 aliphatic carbocycles. The number of hydrogen-bond acceptors (Lipinski definition) is 5. The van der Waals surface area contributed by atoms with Crippen LogP contribution in [-0.4, -0.2) is 50.4 Å². The van der Waals surface area contributed by atoms with Gasteiger partial charge in [0.05, 0.1) is 11.4 Å². The number of rotatable bonds is 7. The summed E-state index contributed by atoms with van der Waals surface area (Å²) >= 11 is 0. The van der Waals surface area contributed by atoms with Gasteiger partial charge in [-0.05, 0) is 52.4 Å². The molecule has 180 valence electrons. The van der Waals surface area contributed by atoms with Crippen LogP contribution in [-0.2, 0) is 44.5 Å². The number of sulfonamides is 1. The van der Waals surface area contributed by atoms with Gasteiger partial charge in [0, 0.05) is 13.6 Å². The predicted octanol–water partition coefficient (Wildman–Crippen LogP) is 2.10. The molecule has 1 atom stereocenters. The third kappa shape index (κ3) is 5.22. The maximum Gasteiger partial charge on any atom is 0.357 e. The van der Waals surface area contributed by atoms with E-state index in [2.05, 4.69) is 5.32 Å². The summed E-state index contributed by atoms with van der Waals surface area (Å²) in [5, 5.41) is 4.54. The monoisotopic (exact) mass is 503 g/mol. The second kappa shape index (κ2) is 9.34. The molecule has 4 rings (SSSR count). The molecule has 0 saturated heterocycles. The number of carbonyl (C=O) groups excluding carboxylic acids is 1. The summed E-state index contributed by atoms with van der Waals surface area (Å²) in [6.45, 7) is -0.0910. The summed E-state index contributed by atoms with van der Waals surface area (Å²) in [6.07, 6.45) is 0.423. The van der Waals surface area contributed by atoms with Crippen molar-refractivity contribution in [2.24, 2.45) is 0 Å². The fourth-order valence-electron chi connectivity index (χ4n) is 4.32. The van der Waals surface area contributed by atoms with Crippen molar-refractivity contribution in [3.8, 4) is 0 Å². The molecular formula is C23H25N3O6S2. The summed E-state index contributed by atoms with van der Waals surface area (Å²) in [6, 6.07) is 17.1. The number of nitrogens with zero attached hydrogens (tertiary/aromatic N) is 1. The van der Waals surface area contributed by atoms with Crippen LogP contribution in [0, 0.1) is 0 Å². The van der Waals surface area contributed by atoms with Gasteiger partial charge < -0.3 is 5.32 Å². The molecule has 3 aromatic carbocycles. The van der Waals surface area contributed by atoms with E-state index in [9.17, 15) is 21.6 Å². The zero-order chi connectivity index (χ0) is 24.5. The number of nitrogens with one attached hydrogen (secondary N) is 2. The van der Waals surface area contributed by atoms with Crippen molar-refractivity contribution in [2.45, 2.75) is 25.4 Å². The van der Waals surface area contributed by atoms with Gasteiger partial charge in [-0.25, -0.2) is 8.42 Å². The van der Waals surface area contributed by atoms with E-state index in [1.807, 2.05) is 47.2 Å². The van der Waals surface area contributed by atoms with Crippen molar-refractivity contribution in [3.63, 3.8) is 0 Å². The van der Waals surface area contributed by atoms with Crippen LogP contribution in [0.3, 0.4) is 0 Å². The van der Waals surface area contributed by atoms with E-state index in [1.54, 1.807) is 6.07 Å². The minimum absolute atomic E-state index is 0.0910. The summed E-state index contributed by atoms with van der Waals surface area (Å²) in [5.41, 5.74) is 2.29. The van der Waals surface area contributed by atoms with E-state index in [1.165, 1.54) is 23.5 Å². The molecule has 1 aliphatic rings. The van der Waals surface area contributed by atoms with E-state index in [0.717, 1.165) is 21.9 Å². The first kappa shape index (κ1) is 24.1. The van der Waals surface area contributed by atoms with E-state index < -0.39 is 32.3 Å². The molecule has 0 fully saturated rings. The lowest BCUT2D eigenvalue weighted by atomic mass is 9.95. The van der Waals surface area contributed by atoms with Gasteiger partial charge in [0.15, 0.2) is 0 Å². The topological polar surface area (TPSA) is 133 Å². The van der Waals surface area contributed by atoms with E-state index in [4.69, 9.17) is 4.55 Å². The Bertz CT molecular complexity index is 1450. The standard InChI is InChI=1S/C23H25N3O6S2/c1-24-23(27)22-14-18-9-10-20(25-34(30,31)32)13-19(18)15-26(22)33(28,29)12-11-17-7-4-6-16-5-2-3-8-21(16)17/h2-10,13,22,25H,11-12,14-15H2,1H3,(H,24,27)(H,30,31,32). The third-order valence-electron chi connectivity index (χ3n) is 5.96. The number of benzene rings is 3. The molecule has 1 unspecified atom stereocenters. The van der Waals surface area contributed by atoms with Gasteiger partial charge in [-0.15, -0.1) is 0 Å². The van der Waals surface area contributed by atoms with Crippen LogP contribution in [0.2, 0.25) is 0 Å². The SMILES string of the molecule is CNC(=O)C1Cc2ccc(NS(=O)(=O)O)cc2CN1S(=O)(=O)CCc1cccc2ccccc12. The van der Waals surface area contributed by atoms with E-state index in [0.29, 0.717) is 5.56 Å². The molecule has 34 heavy (non-hydrogen) atoms. The molecular weight excluding hydrogens is 478 g/mol. The van der Waals surface area contributed by atoms with E-state index >= 15 is 0 Å². The molecule has 1 amide bonds. The van der Waals surface area contributed by atoms with E-state index in [-0.39, 0.29) is 30.8 Å². The Kier molecular flexibility index (Phi) is 6.63. The van der Waals surface area contributed by atoms with Crippen molar-refractivity contribution in [2.75, 3.05) is 17.5 Å². The molecule has 9 nitrogen and oxygen atoms in total. The Morgan fingerprint density at radius 2 is 1.76 bits per heavy atom. The first-order valence-electron chi connectivity index (χ1n) is 10.6. The minimum Gasteiger partial charge on any atom is -0.358 e. The molecule has 3 N–H and O–H groups in total. The van der Waals surface area contributed by atoms with Crippen LogP contribution >= 0.6 is 0 Å². The van der Waals surface area contributed by atoms with Crippen LogP contribution in [0.4, 0.5) is 5.69 Å². The number of hydrogen-bond donors (Lipinski definition) is 3. The van der Waals surface area contributed by atoms with Gasteiger partial charge >= 0.3 is 10.3 Å². The largest absolute Gasteiger partial charge is 0.358 e. The lowest BCUT2D eigenvalue weighted by Crippen LogP contribution is -2.52. The van der Waals surface area contributed by atoms with Crippen LogP contribution in [0.5, 0.6) is 0 Å².